The fourth-order valence-corrected chi connectivity index (χ4v) is 2.62. The van der Waals surface area contributed by atoms with Crippen LogP contribution in [0.5, 0.6) is 0 Å². The van der Waals surface area contributed by atoms with Gasteiger partial charge in [-0.1, -0.05) is 0 Å². The minimum atomic E-state index is 0.737. The largest absolute Gasteiger partial charge is 0.369 e. The van der Waals surface area contributed by atoms with Gasteiger partial charge in [-0.2, -0.15) is 5.26 Å². The third-order valence-corrected chi connectivity index (χ3v) is 3.92. The molecule has 0 unspecified atom stereocenters. The van der Waals surface area contributed by atoms with E-state index in [0.29, 0.717) is 0 Å². The summed E-state index contributed by atoms with van der Waals surface area (Å²) in [5, 5.41) is 8.92. The lowest BCUT2D eigenvalue weighted by Gasteiger charge is -2.19. The first-order valence-electron chi connectivity index (χ1n) is 5.72. The summed E-state index contributed by atoms with van der Waals surface area (Å²) in [7, 11) is 2.06. The molecular formula is C14H15N3S. The number of aromatic nitrogens is 1. The Bertz CT molecular complexity index is 595. The van der Waals surface area contributed by atoms with Crippen LogP contribution in [0.1, 0.15) is 21.7 Å². The fraction of sp³-hybridized carbons (Fsp3) is 0.286. The predicted molar refractivity (Wildman–Crippen MR) is 74.9 cm³/mol. The van der Waals surface area contributed by atoms with E-state index in [0.717, 1.165) is 29.1 Å². The Balaban J connectivity index is 2.19. The first kappa shape index (κ1) is 12.6. The number of benzene rings is 1. The normalized spacial score (nSPS) is 10.1. The third-order valence-electron chi connectivity index (χ3n) is 3.00. The number of nitrogens with zero attached hydrogens (tertiary/aromatic N) is 3. The summed E-state index contributed by atoms with van der Waals surface area (Å²) >= 11 is 1.68. The minimum Gasteiger partial charge on any atom is -0.369 e. The van der Waals surface area contributed by atoms with Crippen molar-refractivity contribution >= 4 is 17.0 Å². The Morgan fingerprint density at radius 3 is 2.72 bits per heavy atom. The molecular weight excluding hydrogens is 242 g/mol. The van der Waals surface area contributed by atoms with E-state index in [2.05, 4.69) is 29.1 Å². The maximum atomic E-state index is 8.92. The van der Waals surface area contributed by atoms with Gasteiger partial charge in [0.2, 0.25) is 0 Å². The second-order valence-electron chi connectivity index (χ2n) is 4.33. The van der Waals surface area contributed by atoms with Crippen molar-refractivity contribution in [2.24, 2.45) is 0 Å². The van der Waals surface area contributed by atoms with Crippen LogP contribution in [0.3, 0.4) is 0 Å². The summed E-state index contributed by atoms with van der Waals surface area (Å²) in [6, 6.07) is 8.10. The van der Waals surface area contributed by atoms with Crippen LogP contribution in [-0.2, 0) is 6.54 Å². The first-order chi connectivity index (χ1) is 8.61. The van der Waals surface area contributed by atoms with Crippen LogP contribution in [0.4, 0.5) is 5.69 Å². The van der Waals surface area contributed by atoms with Crippen molar-refractivity contribution in [3.05, 3.63) is 45.4 Å². The van der Waals surface area contributed by atoms with Gasteiger partial charge < -0.3 is 4.90 Å². The molecule has 2 rings (SSSR count). The number of rotatable bonds is 3. The number of nitriles is 1. The molecule has 3 nitrogen and oxygen atoms in total. The molecule has 0 spiro atoms. The zero-order chi connectivity index (χ0) is 13.1. The Morgan fingerprint density at radius 2 is 2.17 bits per heavy atom. The molecule has 0 saturated heterocycles. The van der Waals surface area contributed by atoms with Crippen molar-refractivity contribution in [2.45, 2.75) is 20.4 Å². The van der Waals surface area contributed by atoms with Gasteiger partial charge in [0.25, 0.3) is 0 Å². The molecule has 0 bridgehead atoms. The second-order valence-corrected chi connectivity index (χ2v) is 5.27. The topological polar surface area (TPSA) is 39.9 Å². The molecule has 18 heavy (non-hydrogen) atoms. The highest BCUT2D eigenvalue weighted by Crippen LogP contribution is 2.21. The summed E-state index contributed by atoms with van der Waals surface area (Å²) in [4.78, 5) is 7.71. The van der Waals surface area contributed by atoms with Crippen LogP contribution >= 0.6 is 11.3 Å². The molecule has 4 heteroatoms. The Kier molecular flexibility index (Phi) is 3.63. The molecule has 2 aromatic rings. The molecule has 0 saturated carbocycles. The van der Waals surface area contributed by atoms with E-state index < -0.39 is 0 Å². The van der Waals surface area contributed by atoms with Gasteiger partial charge in [0.05, 0.1) is 29.4 Å². The number of anilines is 1. The van der Waals surface area contributed by atoms with Gasteiger partial charge in [0.15, 0.2) is 0 Å². The molecule has 1 aromatic heterocycles. The third kappa shape index (κ3) is 2.52. The molecule has 92 valence electrons. The molecule has 0 N–H and O–H groups in total. The number of hydrogen-bond acceptors (Lipinski definition) is 4. The summed E-state index contributed by atoms with van der Waals surface area (Å²) < 4.78 is 0. The van der Waals surface area contributed by atoms with E-state index >= 15 is 0 Å². The molecule has 0 amide bonds. The lowest BCUT2D eigenvalue weighted by Crippen LogP contribution is -2.16. The van der Waals surface area contributed by atoms with E-state index in [1.807, 2.05) is 31.5 Å². The van der Waals surface area contributed by atoms with E-state index in [-0.39, 0.29) is 0 Å². The highest BCUT2D eigenvalue weighted by Gasteiger charge is 2.08. The number of thiazole rings is 1. The quantitative estimate of drug-likeness (QED) is 0.847. The zero-order valence-corrected chi connectivity index (χ0v) is 11.6. The van der Waals surface area contributed by atoms with Crippen LogP contribution in [0.25, 0.3) is 0 Å². The van der Waals surface area contributed by atoms with Crippen LogP contribution < -0.4 is 4.90 Å². The molecule has 0 aliphatic rings. The SMILES string of the molecule is Cc1cc(N(C)Cc2scnc2C)ccc1C#N. The maximum Gasteiger partial charge on any atom is 0.0994 e. The van der Waals surface area contributed by atoms with Crippen molar-refractivity contribution < 1.29 is 0 Å². The molecule has 0 radical (unpaired) electrons. The smallest absolute Gasteiger partial charge is 0.0994 e. The Hall–Kier alpha value is -1.86. The second kappa shape index (κ2) is 5.19. The van der Waals surface area contributed by atoms with Crippen molar-refractivity contribution in [2.75, 3.05) is 11.9 Å². The van der Waals surface area contributed by atoms with Gasteiger partial charge >= 0.3 is 0 Å². The van der Waals surface area contributed by atoms with Crippen molar-refractivity contribution in [3.63, 3.8) is 0 Å². The Labute approximate surface area is 111 Å². The Morgan fingerprint density at radius 1 is 1.39 bits per heavy atom. The summed E-state index contributed by atoms with van der Waals surface area (Å²) in [6.45, 7) is 4.85. The van der Waals surface area contributed by atoms with Gasteiger partial charge in [0, 0.05) is 17.6 Å². The molecule has 1 heterocycles. The molecule has 0 aliphatic heterocycles. The van der Waals surface area contributed by atoms with E-state index in [1.165, 1.54) is 4.88 Å². The van der Waals surface area contributed by atoms with E-state index in [1.54, 1.807) is 11.3 Å². The highest BCUT2D eigenvalue weighted by atomic mass is 32.1. The van der Waals surface area contributed by atoms with Gasteiger partial charge in [-0.15, -0.1) is 11.3 Å². The maximum absolute atomic E-state index is 8.92. The van der Waals surface area contributed by atoms with Gasteiger partial charge in [0.1, 0.15) is 0 Å². The molecule has 0 aliphatic carbocycles. The van der Waals surface area contributed by atoms with E-state index in [4.69, 9.17) is 5.26 Å². The number of hydrogen-bond donors (Lipinski definition) is 0. The molecule has 0 atom stereocenters. The van der Waals surface area contributed by atoms with Crippen molar-refractivity contribution in [1.82, 2.24) is 4.98 Å². The minimum absolute atomic E-state index is 0.737. The highest BCUT2D eigenvalue weighted by molar-refractivity contribution is 7.09. The summed E-state index contributed by atoms with van der Waals surface area (Å²) in [5.41, 5.74) is 5.85. The van der Waals surface area contributed by atoms with Gasteiger partial charge in [-0.3, -0.25) is 0 Å². The fourth-order valence-electron chi connectivity index (χ4n) is 1.80. The standard InChI is InChI=1S/C14H15N3S/c1-10-6-13(5-4-12(10)7-15)17(3)8-14-11(2)16-9-18-14/h4-6,9H,8H2,1-3H3. The lowest BCUT2D eigenvalue weighted by molar-refractivity contribution is 0.925. The van der Waals surface area contributed by atoms with Crippen molar-refractivity contribution in [3.8, 4) is 6.07 Å². The zero-order valence-electron chi connectivity index (χ0n) is 10.8. The lowest BCUT2D eigenvalue weighted by atomic mass is 10.1. The monoisotopic (exact) mass is 257 g/mol. The average Bonchev–Trinajstić information content (AvgIpc) is 2.75. The van der Waals surface area contributed by atoms with Crippen LogP contribution in [-0.4, -0.2) is 12.0 Å². The average molecular weight is 257 g/mol. The first-order valence-corrected chi connectivity index (χ1v) is 6.60. The summed E-state index contributed by atoms with van der Waals surface area (Å²) in [6.07, 6.45) is 0. The number of aryl methyl sites for hydroxylation is 2. The van der Waals surface area contributed by atoms with Crippen LogP contribution in [0.2, 0.25) is 0 Å². The van der Waals surface area contributed by atoms with Crippen molar-refractivity contribution in [1.29, 1.82) is 5.26 Å². The van der Waals surface area contributed by atoms with Gasteiger partial charge in [-0.25, -0.2) is 4.98 Å². The molecule has 0 fully saturated rings. The van der Waals surface area contributed by atoms with Crippen LogP contribution in [0, 0.1) is 25.2 Å². The summed E-state index contributed by atoms with van der Waals surface area (Å²) in [5.74, 6) is 0. The van der Waals surface area contributed by atoms with Gasteiger partial charge in [-0.05, 0) is 37.6 Å². The van der Waals surface area contributed by atoms with Crippen LogP contribution in [0.15, 0.2) is 23.7 Å². The molecule has 1 aromatic carbocycles. The van der Waals surface area contributed by atoms with E-state index in [9.17, 15) is 0 Å². The predicted octanol–water partition coefficient (Wildman–Crippen LogP) is 3.27.